The molecule has 0 aliphatic heterocycles. The maximum absolute atomic E-state index is 5.81. The molecule has 0 radical (unpaired) electrons. The van der Waals surface area contributed by atoms with Gasteiger partial charge < -0.3 is 9.47 Å². The van der Waals surface area contributed by atoms with Crippen LogP contribution in [-0.4, -0.2) is 12.9 Å². The van der Waals surface area contributed by atoms with Crippen molar-refractivity contribution in [2.45, 2.75) is 60.2 Å². The normalized spacial score (nSPS) is 16.0. The Bertz CT molecular complexity index is 434. The van der Waals surface area contributed by atoms with Gasteiger partial charge in [0.1, 0.15) is 5.75 Å². The molecule has 0 heterocycles. The van der Waals surface area contributed by atoms with Crippen molar-refractivity contribution in [3.63, 3.8) is 0 Å². The van der Waals surface area contributed by atoms with Gasteiger partial charge in [0, 0.05) is 5.92 Å². The zero-order valence-electron chi connectivity index (χ0n) is 15.0. The van der Waals surface area contributed by atoms with Crippen LogP contribution < -0.4 is 4.74 Å². The van der Waals surface area contributed by atoms with Gasteiger partial charge in [-0.1, -0.05) is 58.4 Å². The van der Waals surface area contributed by atoms with Crippen molar-refractivity contribution in [2.75, 3.05) is 6.61 Å². The molecule has 1 aromatic rings. The average molecular weight is 304 g/mol. The molecule has 1 aromatic carbocycles. The summed E-state index contributed by atoms with van der Waals surface area (Å²) >= 11 is 0. The Balaban J connectivity index is 2.68. The first kappa shape index (κ1) is 18.8. The fourth-order valence-electron chi connectivity index (χ4n) is 2.41. The van der Waals surface area contributed by atoms with Crippen molar-refractivity contribution in [2.24, 2.45) is 11.8 Å². The molecule has 2 nitrogen and oxygen atoms in total. The topological polar surface area (TPSA) is 18.5 Å². The van der Waals surface area contributed by atoms with Crippen LogP contribution in [0.4, 0.5) is 0 Å². The molecule has 2 heteroatoms. The quantitative estimate of drug-likeness (QED) is 0.424. The fraction of sp³-hybridized carbons (Fsp3) is 0.600. The van der Waals surface area contributed by atoms with Crippen molar-refractivity contribution in [3.05, 3.63) is 42.0 Å². The first-order valence-corrected chi connectivity index (χ1v) is 8.48. The summed E-state index contributed by atoms with van der Waals surface area (Å²) in [6.45, 7) is 13.6. The minimum absolute atomic E-state index is 0.214. The lowest BCUT2D eigenvalue weighted by molar-refractivity contribution is -0.0755. The number of rotatable bonds is 9. The van der Waals surface area contributed by atoms with Crippen molar-refractivity contribution in [1.82, 2.24) is 0 Å². The summed E-state index contributed by atoms with van der Waals surface area (Å²) in [5, 5.41) is 0. The summed E-state index contributed by atoms with van der Waals surface area (Å²) in [4.78, 5) is 0. The van der Waals surface area contributed by atoms with E-state index in [2.05, 4.69) is 58.9 Å². The molecule has 124 valence electrons. The third-order valence-electron chi connectivity index (χ3n) is 3.89. The van der Waals surface area contributed by atoms with Crippen molar-refractivity contribution in [3.8, 4) is 5.75 Å². The highest BCUT2D eigenvalue weighted by Gasteiger charge is 2.15. The zero-order chi connectivity index (χ0) is 16.5. The van der Waals surface area contributed by atoms with Gasteiger partial charge in [0.05, 0.1) is 6.61 Å². The predicted octanol–water partition coefficient (Wildman–Crippen LogP) is 5.79. The Morgan fingerprint density at radius 2 is 1.68 bits per heavy atom. The Kier molecular flexibility index (Phi) is 8.26. The Morgan fingerprint density at radius 3 is 2.18 bits per heavy atom. The Hall–Kier alpha value is -1.28. The summed E-state index contributed by atoms with van der Waals surface area (Å²) in [6.07, 6.45) is 5.39. The van der Waals surface area contributed by atoms with Gasteiger partial charge in [0.15, 0.2) is 6.29 Å². The summed E-state index contributed by atoms with van der Waals surface area (Å²) in [5.41, 5.74) is 1.34. The fourth-order valence-corrected chi connectivity index (χ4v) is 2.41. The molecule has 0 bridgehead atoms. The largest absolute Gasteiger partial charge is 0.465 e. The van der Waals surface area contributed by atoms with E-state index in [-0.39, 0.29) is 6.29 Å². The van der Waals surface area contributed by atoms with Crippen LogP contribution in [0.5, 0.6) is 5.75 Å². The number of benzene rings is 1. The maximum atomic E-state index is 5.81. The highest BCUT2D eigenvalue weighted by atomic mass is 16.7. The molecule has 0 aliphatic rings. The second kappa shape index (κ2) is 9.68. The lowest BCUT2D eigenvalue weighted by atomic mass is 9.85. The molecular formula is C20H32O2. The van der Waals surface area contributed by atoms with Crippen molar-refractivity contribution in [1.29, 1.82) is 0 Å². The molecule has 0 saturated carbocycles. The second-order valence-electron chi connectivity index (χ2n) is 6.42. The van der Waals surface area contributed by atoms with E-state index < -0.39 is 0 Å². The van der Waals surface area contributed by atoms with Gasteiger partial charge in [0.2, 0.25) is 0 Å². The lowest BCUT2D eigenvalue weighted by Gasteiger charge is -2.21. The van der Waals surface area contributed by atoms with Crippen LogP contribution in [0.3, 0.4) is 0 Å². The third kappa shape index (κ3) is 6.23. The standard InChI is InChI=1S/C20H32O2/c1-7-9-20(16(5)8-2)18-10-12-19(13-11-18)22-17(6)21-14-15(3)4/h7,9-13,15-17,20H,8,14H2,1-6H3/b9-7-. The number of ether oxygens (including phenoxy) is 2. The molecule has 3 unspecified atom stereocenters. The minimum atomic E-state index is -0.214. The second-order valence-corrected chi connectivity index (χ2v) is 6.42. The number of allylic oxidation sites excluding steroid dienone is 2. The predicted molar refractivity (Wildman–Crippen MR) is 94.3 cm³/mol. The van der Waals surface area contributed by atoms with E-state index in [1.807, 2.05) is 19.1 Å². The molecule has 0 amide bonds. The summed E-state index contributed by atoms with van der Waals surface area (Å²) < 4.78 is 11.5. The molecule has 0 aliphatic carbocycles. The summed E-state index contributed by atoms with van der Waals surface area (Å²) in [5.74, 6) is 2.49. The van der Waals surface area contributed by atoms with Crippen LogP contribution >= 0.6 is 0 Å². The molecule has 0 N–H and O–H groups in total. The average Bonchev–Trinajstić information content (AvgIpc) is 2.51. The van der Waals surface area contributed by atoms with E-state index in [1.165, 1.54) is 12.0 Å². The molecule has 0 saturated heterocycles. The Morgan fingerprint density at radius 1 is 1.05 bits per heavy atom. The van der Waals surface area contributed by atoms with Crippen LogP contribution in [0.2, 0.25) is 0 Å². The highest BCUT2D eigenvalue weighted by molar-refractivity contribution is 5.32. The van der Waals surface area contributed by atoms with Crippen molar-refractivity contribution < 1.29 is 9.47 Å². The van der Waals surface area contributed by atoms with Crippen LogP contribution in [0.25, 0.3) is 0 Å². The van der Waals surface area contributed by atoms with Gasteiger partial charge in [0.25, 0.3) is 0 Å². The zero-order valence-corrected chi connectivity index (χ0v) is 15.0. The van der Waals surface area contributed by atoms with E-state index >= 15 is 0 Å². The van der Waals surface area contributed by atoms with E-state index in [0.717, 1.165) is 12.4 Å². The molecule has 0 fully saturated rings. The van der Waals surface area contributed by atoms with Gasteiger partial charge in [-0.3, -0.25) is 0 Å². The van der Waals surface area contributed by atoms with Gasteiger partial charge >= 0.3 is 0 Å². The van der Waals surface area contributed by atoms with E-state index in [4.69, 9.17) is 9.47 Å². The first-order valence-electron chi connectivity index (χ1n) is 8.48. The molecule has 0 aromatic heterocycles. The van der Waals surface area contributed by atoms with Gasteiger partial charge in [-0.2, -0.15) is 0 Å². The lowest BCUT2D eigenvalue weighted by Crippen LogP contribution is -2.19. The van der Waals surface area contributed by atoms with E-state index in [9.17, 15) is 0 Å². The van der Waals surface area contributed by atoms with E-state index in [0.29, 0.717) is 17.8 Å². The SMILES string of the molecule is C/C=C\C(c1ccc(OC(C)OCC(C)C)cc1)C(C)CC. The maximum Gasteiger partial charge on any atom is 0.196 e. The van der Waals surface area contributed by atoms with Crippen LogP contribution in [0.1, 0.15) is 59.4 Å². The summed E-state index contributed by atoms with van der Waals surface area (Å²) in [7, 11) is 0. The van der Waals surface area contributed by atoms with Gasteiger partial charge in [-0.15, -0.1) is 0 Å². The molecule has 3 atom stereocenters. The third-order valence-corrected chi connectivity index (χ3v) is 3.89. The minimum Gasteiger partial charge on any atom is -0.465 e. The van der Waals surface area contributed by atoms with E-state index in [1.54, 1.807) is 0 Å². The first-order chi connectivity index (χ1) is 10.5. The monoisotopic (exact) mass is 304 g/mol. The smallest absolute Gasteiger partial charge is 0.196 e. The van der Waals surface area contributed by atoms with Crippen LogP contribution in [0, 0.1) is 11.8 Å². The molecular weight excluding hydrogens is 272 g/mol. The molecule has 1 rings (SSSR count). The molecule has 0 spiro atoms. The van der Waals surface area contributed by atoms with Gasteiger partial charge in [-0.25, -0.2) is 0 Å². The van der Waals surface area contributed by atoms with Crippen LogP contribution in [0.15, 0.2) is 36.4 Å². The summed E-state index contributed by atoms with van der Waals surface area (Å²) in [6, 6.07) is 8.43. The van der Waals surface area contributed by atoms with Crippen LogP contribution in [-0.2, 0) is 4.74 Å². The highest BCUT2D eigenvalue weighted by Crippen LogP contribution is 2.29. The van der Waals surface area contributed by atoms with Crippen molar-refractivity contribution >= 4 is 0 Å². The van der Waals surface area contributed by atoms with Gasteiger partial charge in [-0.05, 0) is 43.4 Å². The number of hydrogen-bond donors (Lipinski definition) is 0. The molecule has 22 heavy (non-hydrogen) atoms. The Labute approximate surface area is 136 Å². The number of hydrogen-bond acceptors (Lipinski definition) is 2.